The first kappa shape index (κ1) is 16.9. The van der Waals surface area contributed by atoms with Gasteiger partial charge in [-0.15, -0.1) is 10.2 Å². The van der Waals surface area contributed by atoms with E-state index in [1.54, 1.807) is 43.8 Å². The summed E-state index contributed by atoms with van der Waals surface area (Å²) >= 11 is 1.33. The van der Waals surface area contributed by atoms with E-state index in [-0.39, 0.29) is 11.7 Å². The summed E-state index contributed by atoms with van der Waals surface area (Å²) in [5, 5.41) is 11.8. The molecule has 2 aromatic heterocycles. The van der Waals surface area contributed by atoms with Gasteiger partial charge in [0, 0.05) is 23.6 Å². The first-order valence-electron chi connectivity index (χ1n) is 7.55. The highest BCUT2D eigenvalue weighted by Gasteiger charge is 2.06. The van der Waals surface area contributed by atoms with E-state index in [0.717, 1.165) is 22.7 Å². The number of nitrogens with one attached hydrogen (secondary N) is 1. The molecule has 0 spiro atoms. The van der Waals surface area contributed by atoms with Crippen LogP contribution in [0.1, 0.15) is 0 Å². The summed E-state index contributed by atoms with van der Waals surface area (Å²) in [6.07, 6.45) is 3.45. The van der Waals surface area contributed by atoms with Crippen LogP contribution in [0.5, 0.6) is 5.75 Å². The Morgan fingerprint density at radius 3 is 2.60 bits per heavy atom. The van der Waals surface area contributed by atoms with E-state index >= 15 is 0 Å². The maximum Gasteiger partial charge on any atom is 0.234 e. The molecule has 6 nitrogen and oxygen atoms in total. The third-order valence-corrected chi connectivity index (χ3v) is 4.24. The van der Waals surface area contributed by atoms with Crippen LogP contribution in [0.3, 0.4) is 0 Å². The maximum atomic E-state index is 12.0. The first-order chi connectivity index (χ1) is 12.2. The molecule has 0 saturated carbocycles. The van der Waals surface area contributed by atoms with E-state index in [4.69, 9.17) is 4.74 Å². The van der Waals surface area contributed by atoms with Crippen LogP contribution in [0.2, 0.25) is 0 Å². The number of hydrogen-bond acceptors (Lipinski definition) is 6. The molecule has 0 aliphatic carbocycles. The molecule has 3 rings (SSSR count). The summed E-state index contributed by atoms with van der Waals surface area (Å²) in [7, 11) is 1.60. The van der Waals surface area contributed by atoms with Gasteiger partial charge >= 0.3 is 0 Å². The fourth-order valence-electron chi connectivity index (χ4n) is 2.08. The average Bonchev–Trinajstić information content (AvgIpc) is 2.68. The van der Waals surface area contributed by atoms with E-state index in [1.165, 1.54) is 11.8 Å². The van der Waals surface area contributed by atoms with Gasteiger partial charge in [0.1, 0.15) is 10.8 Å². The zero-order chi connectivity index (χ0) is 17.5. The zero-order valence-electron chi connectivity index (χ0n) is 13.5. The number of nitrogens with zero attached hydrogens (tertiary/aromatic N) is 3. The Morgan fingerprint density at radius 2 is 1.96 bits per heavy atom. The summed E-state index contributed by atoms with van der Waals surface area (Å²) in [5.74, 6) is 0.900. The maximum absolute atomic E-state index is 12.0. The number of benzene rings is 1. The van der Waals surface area contributed by atoms with E-state index in [0.29, 0.717) is 5.03 Å². The van der Waals surface area contributed by atoms with Crippen molar-refractivity contribution in [1.29, 1.82) is 0 Å². The summed E-state index contributed by atoms with van der Waals surface area (Å²) in [6, 6.07) is 14.7. The SMILES string of the molecule is COc1ccc(NC(=O)CSc2ccc(-c3cccnc3)nn2)cc1. The van der Waals surface area contributed by atoms with Crippen molar-refractivity contribution in [2.45, 2.75) is 5.03 Å². The van der Waals surface area contributed by atoms with Crippen LogP contribution in [-0.2, 0) is 4.79 Å². The topological polar surface area (TPSA) is 77.0 Å². The molecule has 7 heteroatoms. The normalized spacial score (nSPS) is 10.3. The molecule has 0 bridgehead atoms. The smallest absolute Gasteiger partial charge is 0.234 e. The minimum atomic E-state index is -0.103. The predicted octanol–water partition coefficient (Wildman–Crippen LogP) is 3.28. The van der Waals surface area contributed by atoms with Gasteiger partial charge in [-0.2, -0.15) is 0 Å². The number of carbonyl (C=O) groups is 1. The van der Waals surface area contributed by atoms with Gasteiger partial charge in [-0.25, -0.2) is 0 Å². The van der Waals surface area contributed by atoms with Gasteiger partial charge in [0.2, 0.25) is 5.91 Å². The third-order valence-electron chi connectivity index (χ3n) is 3.32. The van der Waals surface area contributed by atoms with E-state index in [9.17, 15) is 4.79 Å². The number of methoxy groups -OCH3 is 1. The number of rotatable bonds is 6. The highest BCUT2D eigenvalue weighted by atomic mass is 32.2. The molecule has 1 N–H and O–H groups in total. The number of anilines is 1. The van der Waals surface area contributed by atoms with Crippen LogP contribution in [0.4, 0.5) is 5.69 Å². The van der Waals surface area contributed by atoms with Crippen molar-refractivity contribution in [1.82, 2.24) is 15.2 Å². The average molecular weight is 352 g/mol. The van der Waals surface area contributed by atoms with E-state index < -0.39 is 0 Å². The summed E-state index contributed by atoms with van der Waals surface area (Å²) in [5.41, 5.74) is 2.38. The number of aromatic nitrogens is 3. The van der Waals surface area contributed by atoms with Gasteiger partial charge in [0.15, 0.2) is 0 Å². The Kier molecular flexibility index (Phi) is 5.58. The summed E-state index contributed by atoms with van der Waals surface area (Å²) < 4.78 is 5.09. The van der Waals surface area contributed by atoms with Crippen molar-refractivity contribution in [2.75, 3.05) is 18.2 Å². The molecule has 0 fully saturated rings. The van der Waals surface area contributed by atoms with Crippen molar-refractivity contribution >= 4 is 23.4 Å². The van der Waals surface area contributed by atoms with Gasteiger partial charge in [0.25, 0.3) is 0 Å². The number of ether oxygens (including phenoxy) is 1. The largest absolute Gasteiger partial charge is 0.497 e. The third kappa shape index (κ3) is 4.77. The van der Waals surface area contributed by atoms with Crippen LogP contribution >= 0.6 is 11.8 Å². The minimum absolute atomic E-state index is 0.103. The number of amides is 1. The van der Waals surface area contributed by atoms with Crippen molar-refractivity contribution in [2.24, 2.45) is 0 Å². The van der Waals surface area contributed by atoms with Crippen LogP contribution in [0.25, 0.3) is 11.3 Å². The fourth-order valence-corrected chi connectivity index (χ4v) is 2.69. The molecule has 0 saturated heterocycles. The van der Waals surface area contributed by atoms with Gasteiger partial charge < -0.3 is 10.1 Å². The first-order valence-corrected chi connectivity index (χ1v) is 8.54. The second-order valence-corrected chi connectivity index (χ2v) is 6.06. The summed E-state index contributed by atoms with van der Waals surface area (Å²) in [4.78, 5) is 16.1. The quantitative estimate of drug-likeness (QED) is 0.686. The molecule has 0 unspecified atom stereocenters. The molecule has 0 aliphatic heterocycles. The molecule has 25 heavy (non-hydrogen) atoms. The monoisotopic (exact) mass is 352 g/mol. The van der Waals surface area contributed by atoms with Gasteiger partial charge in [0.05, 0.1) is 18.6 Å². The lowest BCUT2D eigenvalue weighted by atomic mass is 10.2. The van der Waals surface area contributed by atoms with Gasteiger partial charge in [-0.05, 0) is 48.5 Å². The molecule has 1 amide bonds. The molecular weight excluding hydrogens is 336 g/mol. The number of pyridine rings is 1. The standard InChI is InChI=1S/C18H16N4O2S/c1-24-15-6-4-14(5-7-15)20-17(23)12-25-18-9-8-16(21-22-18)13-3-2-10-19-11-13/h2-11H,12H2,1H3,(H,20,23). The fraction of sp³-hybridized carbons (Fsp3) is 0.111. The zero-order valence-corrected chi connectivity index (χ0v) is 14.4. The Hall–Kier alpha value is -2.93. The van der Waals surface area contributed by atoms with Crippen molar-refractivity contribution in [3.63, 3.8) is 0 Å². The lowest BCUT2D eigenvalue weighted by Crippen LogP contribution is -2.14. The molecule has 0 aliphatic rings. The lowest BCUT2D eigenvalue weighted by Gasteiger charge is -2.06. The van der Waals surface area contributed by atoms with Crippen molar-refractivity contribution in [3.8, 4) is 17.0 Å². The Balaban J connectivity index is 1.53. The molecule has 0 atom stereocenters. The van der Waals surface area contributed by atoms with Gasteiger partial charge in [-0.3, -0.25) is 9.78 Å². The summed E-state index contributed by atoms with van der Waals surface area (Å²) in [6.45, 7) is 0. The second-order valence-electron chi connectivity index (χ2n) is 5.06. The van der Waals surface area contributed by atoms with Crippen molar-refractivity contribution < 1.29 is 9.53 Å². The predicted molar refractivity (Wildman–Crippen MR) is 97.6 cm³/mol. The van der Waals surface area contributed by atoms with Crippen LogP contribution in [-0.4, -0.2) is 34.0 Å². The lowest BCUT2D eigenvalue weighted by molar-refractivity contribution is -0.113. The molecule has 0 radical (unpaired) electrons. The molecule has 3 aromatic rings. The minimum Gasteiger partial charge on any atom is -0.497 e. The van der Waals surface area contributed by atoms with Crippen molar-refractivity contribution in [3.05, 3.63) is 60.9 Å². The molecule has 1 aromatic carbocycles. The molecule has 126 valence electrons. The highest BCUT2D eigenvalue weighted by molar-refractivity contribution is 7.99. The Bertz CT molecular complexity index is 824. The van der Waals surface area contributed by atoms with Gasteiger partial charge in [-0.1, -0.05) is 11.8 Å². The highest BCUT2D eigenvalue weighted by Crippen LogP contribution is 2.20. The number of carbonyl (C=O) groups excluding carboxylic acids is 1. The van der Waals surface area contributed by atoms with Crippen LogP contribution < -0.4 is 10.1 Å². The van der Waals surface area contributed by atoms with Crippen LogP contribution in [0, 0.1) is 0 Å². The Morgan fingerprint density at radius 1 is 1.12 bits per heavy atom. The number of thioether (sulfide) groups is 1. The molecule has 2 heterocycles. The van der Waals surface area contributed by atoms with E-state index in [1.807, 2.05) is 24.3 Å². The number of hydrogen-bond donors (Lipinski definition) is 1. The Labute approximate surface area is 149 Å². The molecular formula is C18H16N4O2S. The van der Waals surface area contributed by atoms with E-state index in [2.05, 4.69) is 20.5 Å². The second kappa shape index (κ2) is 8.25. The van der Waals surface area contributed by atoms with Crippen LogP contribution in [0.15, 0.2) is 66.0 Å².